The fourth-order valence-electron chi connectivity index (χ4n) is 2.38. The second-order valence-electron chi connectivity index (χ2n) is 6.37. The molecule has 0 saturated heterocycles. The molecule has 0 fully saturated rings. The lowest BCUT2D eigenvalue weighted by atomic mass is 10.0. The van der Waals surface area contributed by atoms with Crippen LogP contribution in [0.15, 0.2) is 54.6 Å². The van der Waals surface area contributed by atoms with Gasteiger partial charge >= 0.3 is 0 Å². The maximum atomic E-state index is 11.9. The first-order valence-electron chi connectivity index (χ1n) is 8.33. The minimum absolute atomic E-state index is 0. The summed E-state index contributed by atoms with van der Waals surface area (Å²) in [5.41, 5.74) is 8.02. The van der Waals surface area contributed by atoms with E-state index in [0.717, 1.165) is 16.9 Å². The number of hydrogen-bond donors (Lipinski definition) is 2. The summed E-state index contributed by atoms with van der Waals surface area (Å²) in [5.74, 6) is 1.12. The van der Waals surface area contributed by atoms with Crippen molar-refractivity contribution in [2.45, 2.75) is 39.5 Å². The molecule has 0 unspecified atom stereocenters. The number of nitrogens with two attached hydrogens (primary N) is 1. The van der Waals surface area contributed by atoms with E-state index in [1.54, 1.807) is 0 Å². The molecule has 1 atom stereocenters. The van der Waals surface area contributed by atoms with Gasteiger partial charge in [-0.15, -0.1) is 12.4 Å². The van der Waals surface area contributed by atoms with Crippen LogP contribution in [0.25, 0.3) is 0 Å². The number of rotatable bonds is 8. The third-order valence-electron chi connectivity index (χ3n) is 3.70. The van der Waals surface area contributed by atoms with Crippen molar-refractivity contribution in [2.24, 2.45) is 11.7 Å². The van der Waals surface area contributed by atoms with Gasteiger partial charge in [0.2, 0.25) is 5.91 Å². The van der Waals surface area contributed by atoms with Crippen LogP contribution in [0, 0.1) is 5.92 Å². The van der Waals surface area contributed by atoms with Crippen LogP contribution in [0.2, 0.25) is 0 Å². The van der Waals surface area contributed by atoms with Crippen LogP contribution in [0.4, 0.5) is 0 Å². The number of halogens is 1. The summed E-state index contributed by atoms with van der Waals surface area (Å²) >= 11 is 0. The van der Waals surface area contributed by atoms with Crippen molar-refractivity contribution in [3.63, 3.8) is 0 Å². The molecule has 25 heavy (non-hydrogen) atoms. The summed E-state index contributed by atoms with van der Waals surface area (Å²) in [6, 6.07) is 17.3. The van der Waals surface area contributed by atoms with E-state index >= 15 is 0 Å². The number of carbonyl (C=O) groups is 1. The fourth-order valence-corrected chi connectivity index (χ4v) is 2.38. The quantitative estimate of drug-likeness (QED) is 0.752. The molecule has 0 bridgehead atoms. The van der Waals surface area contributed by atoms with Crippen LogP contribution in [-0.2, 0) is 17.9 Å². The van der Waals surface area contributed by atoms with Crippen molar-refractivity contribution >= 4 is 18.3 Å². The molecule has 4 nitrogen and oxygen atoms in total. The van der Waals surface area contributed by atoms with Gasteiger partial charge in [-0.1, -0.05) is 56.3 Å². The number of ether oxygens (including phenoxy) is 1. The highest BCUT2D eigenvalue weighted by Gasteiger charge is 2.14. The maximum Gasteiger partial charge on any atom is 0.237 e. The molecule has 1 amide bonds. The van der Waals surface area contributed by atoms with E-state index in [4.69, 9.17) is 10.5 Å². The number of amides is 1. The normalized spacial score (nSPS) is 11.5. The van der Waals surface area contributed by atoms with Gasteiger partial charge in [-0.3, -0.25) is 4.79 Å². The van der Waals surface area contributed by atoms with Crippen LogP contribution in [0.5, 0.6) is 5.75 Å². The summed E-state index contributed by atoms with van der Waals surface area (Å²) in [6.07, 6.45) is 0.693. The van der Waals surface area contributed by atoms with Crippen LogP contribution in [0.3, 0.4) is 0 Å². The minimum Gasteiger partial charge on any atom is -0.489 e. The van der Waals surface area contributed by atoms with Gasteiger partial charge in [-0.25, -0.2) is 0 Å². The Morgan fingerprint density at radius 1 is 1.04 bits per heavy atom. The SMILES string of the molecule is CC(C)C[C@H](N)C(=O)NCc1ccc(OCc2ccccc2)cc1.Cl. The maximum absolute atomic E-state index is 11.9. The van der Waals surface area contributed by atoms with Gasteiger partial charge in [-0.05, 0) is 35.6 Å². The molecular formula is C20H27ClN2O2. The summed E-state index contributed by atoms with van der Waals surface area (Å²) in [5, 5.41) is 2.88. The third-order valence-corrected chi connectivity index (χ3v) is 3.70. The van der Waals surface area contributed by atoms with Crippen LogP contribution >= 0.6 is 12.4 Å². The zero-order valence-corrected chi connectivity index (χ0v) is 15.6. The number of nitrogens with one attached hydrogen (secondary N) is 1. The summed E-state index contributed by atoms with van der Waals surface area (Å²) < 4.78 is 5.75. The third kappa shape index (κ3) is 7.59. The van der Waals surface area contributed by atoms with Crippen molar-refractivity contribution in [1.29, 1.82) is 0 Å². The largest absolute Gasteiger partial charge is 0.489 e. The monoisotopic (exact) mass is 362 g/mol. The topological polar surface area (TPSA) is 64.4 Å². The zero-order valence-electron chi connectivity index (χ0n) is 14.8. The first-order valence-corrected chi connectivity index (χ1v) is 8.33. The number of hydrogen-bond acceptors (Lipinski definition) is 3. The lowest BCUT2D eigenvalue weighted by Crippen LogP contribution is -2.40. The first kappa shape index (κ1) is 21.0. The van der Waals surface area contributed by atoms with E-state index in [1.165, 1.54) is 0 Å². The Morgan fingerprint density at radius 3 is 2.28 bits per heavy atom. The van der Waals surface area contributed by atoms with E-state index in [0.29, 0.717) is 25.5 Å². The lowest BCUT2D eigenvalue weighted by molar-refractivity contribution is -0.122. The summed E-state index contributed by atoms with van der Waals surface area (Å²) in [6.45, 7) is 5.13. The highest BCUT2D eigenvalue weighted by molar-refractivity contribution is 5.85. The van der Waals surface area contributed by atoms with E-state index < -0.39 is 6.04 Å². The molecule has 0 spiro atoms. The molecule has 2 aromatic carbocycles. The molecule has 3 N–H and O–H groups in total. The Kier molecular flexibility index (Phi) is 9.03. The van der Waals surface area contributed by atoms with Gasteiger partial charge in [0.05, 0.1) is 6.04 Å². The van der Waals surface area contributed by atoms with Gasteiger partial charge in [0.1, 0.15) is 12.4 Å². The van der Waals surface area contributed by atoms with Gasteiger partial charge < -0.3 is 15.8 Å². The second-order valence-corrected chi connectivity index (χ2v) is 6.37. The van der Waals surface area contributed by atoms with Crippen molar-refractivity contribution < 1.29 is 9.53 Å². The predicted octanol–water partition coefficient (Wildman–Crippen LogP) is 3.68. The Bertz CT molecular complexity index is 630. The molecule has 2 rings (SSSR count). The molecule has 0 aliphatic rings. The van der Waals surface area contributed by atoms with Gasteiger partial charge in [0.25, 0.3) is 0 Å². The minimum atomic E-state index is -0.446. The molecule has 0 radical (unpaired) electrons. The van der Waals surface area contributed by atoms with E-state index in [1.807, 2.05) is 54.6 Å². The van der Waals surface area contributed by atoms with Gasteiger partial charge in [0.15, 0.2) is 0 Å². The molecule has 5 heteroatoms. The molecule has 136 valence electrons. The summed E-state index contributed by atoms with van der Waals surface area (Å²) in [7, 11) is 0. The Morgan fingerprint density at radius 2 is 1.68 bits per heavy atom. The highest BCUT2D eigenvalue weighted by atomic mass is 35.5. The molecular weight excluding hydrogens is 336 g/mol. The van der Waals surface area contributed by atoms with Gasteiger partial charge in [-0.2, -0.15) is 0 Å². The molecule has 0 saturated carbocycles. The van der Waals surface area contributed by atoms with Crippen molar-refractivity contribution in [3.05, 3.63) is 65.7 Å². The summed E-state index contributed by atoms with van der Waals surface area (Å²) in [4.78, 5) is 11.9. The van der Waals surface area contributed by atoms with E-state index in [-0.39, 0.29) is 18.3 Å². The van der Waals surface area contributed by atoms with Crippen molar-refractivity contribution in [1.82, 2.24) is 5.32 Å². The number of carbonyl (C=O) groups excluding carboxylic acids is 1. The fraction of sp³-hybridized carbons (Fsp3) is 0.350. The molecule has 0 aliphatic carbocycles. The van der Waals surface area contributed by atoms with Crippen molar-refractivity contribution in [3.8, 4) is 5.75 Å². The number of benzene rings is 2. The standard InChI is InChI=1S/C20H26N2O2.ClH/c1-15(2)12-19(21)20(23)22-13-16-8-10-18(11-9-16)24-14-17-6-4-3-5-7-17;/h3-11,15,19H,12-14,21H2,1-2H3,(H,22,23);1H/t19-;/m0./s1. The molecule has 0 aromatic heterocycles. The predicted molar refractivity (Wildman–Crippen MR) is 104 cm³/mol. The average Bonchev–Trinajstić information content (AvgIpc) is 2.59. The smallest absolute Gasteiger partial charge is 0.237 e. The lowest BCUT2D eigenvalue weighted by Gasteiger charge is -2.14. The van der Waals surface area contributed by atoms with Crippen LogP contribution in [-0.4, -0.2) is 11.9 Å². The molecule has 0 heterocycles. The van der Waals surface area contributed by atoms with Crippen molar-refractivity contribution in [2.75, 3.05) is 0 Å². The second kappa shape index (κ2) is 10.7. The Hall–Kier alpha value is -2.04. The van der Waals surface area contributed by atoms with E-state index in [2.05, 4.69) is 19.2 Å². The van der Waals surface area contributed by atoms with Crippen LogP contribution in [0.1, 0.15) is 31.4 Å². The molecule has 0 aliphatic heterocycles. The zero-order chi connectivity index (χ0) is 17.4. The Balaban J connectivity index is 0.00000312. The molecule has 2 aromatic rings. The first-order chi connectivity index (χ1) is 11.5. The average molecular weight is 363 g/mol. The highest BCUT2D eigenvalue weighted by Crippen LogP contribution is 2.14. The van der Waals surface area contributed by atoms with Gasteiger partial charge in [0, 0.05) is 6.54 Å². The van der Waals surface area contributed by atoms with E-state index in [9.17, 15) is 4.79 Å². The Labute approximate surface area is 156 Å². The van der Waals surface area contributed by atoms with Crippen LogP contribution < -0.4 is 15.8 Å².